The number of halogens is 3. The highest BCUT2D eigenvalue weighted by Crippen LogP contribution is 2.21. The summed E-state index contributed by atoms with van der Waals surface area (Å²) in [4.78, 5) is -0.00887. The Kier molecular flexibility index (Phi) is 4.95. The summed E-state index contributed by atoms with van der Waals surface area (Å²) < 4.78 is 69.3. The minimum Gasteiger partial charge on any atom is -0.380 e. The monoisotopic (exact) mass is 349 g/mol. The molecule has 0 bridgehead atoms. The molecular weight excluding hydrogens is 335 g/mol. The zero-order valence-electron chi connectivity index (χ0n) is 12.0. The highest BCUT2D eigenvalue weighted by atomic mass is 32.2. The van der Waals surface area contributed by atoms with Crippen LogP contribution in [0.1, 0.15) is 5.56 Å². The predicted molar refractivity (Wildman–Crippen MR) is 76.2 cm³/mol. The first kappa shape index (κ1) is 17.3. The van der Waals surface area contributed by atoms with Crippen molar-refractivity contribution >= 4 is 15.7 Å². The molecule has 126 valence electrons. The molecule has 1 heterocycles. The Morgan fingerprint density at radius 1 is 1.30 bits per heavy atom. The highest BCUT2D eigenvalue weighted by Gasteiger charge is 2.28. The number of rotatable bonds is 6. The average Bonchev–Trinajstić information content (AvgIpc) is 2.83. The van der Waals surface area contributed by atoms with Crippen molar-refractivity contribution in [2.45, 2.75) is 24.2 Å². The molecule has 1 aromatic carbocycles. The van der Waals surface area contributed by atoms with Crippen molar-refractivity contribution in [1.82, 2.24) is 9.78 Å². The second-order valence-electron chi connectivity index (χ2n) is 4.69. The fourth-order valence-electron chi connectivity index (χ4n) is 1.94. The van der Waals surface area contributed by atoms with E-state index >= 15 is 0 Å². The Balaban J connectivity index is 2.22. The van der Waals surface area contributed by atoms with E-state index in [1.807, 2.05) is 0 Å². The summed E-state index contributed by atoms with van der Waals surface area (Å²) >= 11 is 0. The lowest BCUT2D eigenvalue weighted by atomic mass is 10.2. The van der Waals surface area contributed by atoms with Gasteiger partial charge in [-0.3, -0.25) is 9.40 Å². The molecule has 0 unspecified atom stereocenters. The van der Waals surface area contributed by atoms with Crippen LogP contribution in [-0.4, -0.2) is 31.5 Å². The van der Waals surface area contributed by atoms with Crippen LogP contribution >= 0.6 is 0 Å². The minimum absolute atomic E-state index is 0.00887. The third kappa shape index (κ3) is 4.70. The lowest BCUT2D eigenvalue weighted by Crippen LogP contribution is -2.18. The number of benzene rings is 1. The number of aromatic nitrogens is 2. The molecule has 1 aromatic heterocycles. The van der Waals surface area contributed by atoms with E-state index in [0.717, 1.165) is 12.4 Å². The number of hydrogen-bond acceptors (Lipinski definition) is 4. The van der Waals surface area contributed by atoms with E-state index in [2.05, 4.69) is 9.82 Å². The number of methoxy groups -OCH3 is 1. The van der Waals surface area contributed by atoms with Gasteiger partial charge in [-0.2, -0.15) is 18.3 Å². The second-order valence-corrected chi connectivity index (χ2v) is 6.34. The van der Waals surface area contributed by atoms with Crippen LogP contribution in [0.2, 0.25) is 0 Å². The Morgan fingerprint density at radius 2 is 2.00 bits per heavy atom. The van der Waals surface area contributed by atoms with Crippen LogP contribution in [0, 0.1) is 0 Å². The van der Waals surface area contributed by atoms with E-state index in [1.165, 1.54) is 13.2 Å². The van der Waals surface area contributed by atoms with E-state index < -0.39 is 22.7 Å². The van der Waals surface area contributed by atoms with E-state index in [-0.39, 0.29) is 17.2 Å². The smallest absolute Gasteiger partial charge is 0.380 e. The Bertz CT molecular complexity index is 772. The maximum atomic E-state index is 12.4. The molecule has 0 saturated heterocycles. The maximum Gasteiger partial charge on any atom is 0.408 e. The van der Waals surface area contributed by atoms with Crippen molar-refractivity contribution in [2.75, 3.05) is 11.8 Å². The molecule has 0 aliphatic rings. The summed E-state index contributed by atoms with van der Waals surface area (Å²) in [5.41, 5.74) is 0.381. The van der Waals surface area contributed by atoms with Crippen molar-refractivity contribution < 1.29 is 26.3 Å². The number of alkyl halides is 3. The molecule has 23 heavy (non-hydrogen) atoms. The van der Waals surface area contributed by atoms with Gasteiger partial charge in [0, 0.05) is 13.3 Å². The number of sulfonamides is 1. The van der Waals surface area contributed by atoms with E-state index in [9.17, 15) is 21.6 Å². The SMILES string of the molecule is COCc1ccccc1S(=O)(=O)Nc1cnn(CC(F)(F)F)c1. The third-order valence-electron chi connectivity index (χ3n) is 2.79. The number of nitrogens with zero attached hydrogens (tertiary/aromatic N) is 2. The van der Waals surface area contributed by atoms with Gasteiger partial charge in [0.2, 0.25) is 0 Å². The number of nitrogens with one attached hydrogen (secondary N) is 1. The molecule has 1 N–H and O–H groups in total. The van der Waals surface area contributed by atoms with Gasteiger partial charge in [0.05, 0.1) is 23.4 Å². The van der Waals surface area contributed by atoms with Crippen molar-refractivity contribution in [3.05, 3.63) is 42.2 Å². The molecule has 2 aromatic rings. The first-order valence-electron chi connectivity index (χ1n) is 6.40. The molecular formula is C13H14F3N3O3S. The van der Waals surface area contributed by atoms with E-state index in [4.69, 9.17) is 4.74 Å². The Morgan fingerprint density at radius 3 is 2.65 bits per heavy atom. The van der Waals surface area contributed by atoms with Gasteiger partial charge in [0.15, 0.2) is 0 Å². The van der Waals surface area contributed by atoms with Crippen molar-refractivity contribution in [3.8, 4) is 0 Å². The van der Waals surface area contributed by atoms with Crippen LogP contribution in [0.25, 0.3) is 0 Å². The summed E-state index contributed by atoms with van der Waals surface area (Å²) in [6.45, 7) is -1.21. The normalized spacial score (nSPS) is 12.3. The molecule has 0 amide bonds. The lowest BCUT2D eigenvalue weighted by molar-refractivity contribution is -0.142. The molecule has 0 saturated carbocycles. The quantitative estimate of drug-likeness (QED) is 0.869. The predicted octanol–water partition coefficient (Wildman–Crippen LogP) is 2.39. The topological polar surface area (TPSA) is 73.2 Å². The zero-order valence-corrected chi connectivity index (χ0v) is 12.9. The largest absolute Gasteiger partial charge is 0.408 e. The molecule has 10 heteroatoms. The maximum absolute atomic E-state index is 12.4. The number of anilines is 1. The molecule has 0 radical (unpaired) electrons. The highest BCUT2D eigenvalue weighted by molar-refractivity contribution is 7.92. The number of ether oxygens (including phenoxy) is 1. The average molecular weight is 349 g/mol. The second kappa shape index (κ2) is 6.59. The zero-order chi connectivity index (χ0) is 17.1. The molecule has 0 atom stereocenters. The van der Waals surface area contributed by atoms with Crippen LogP contribution in [0.5, 0.6) is 0 Å². The van der Waals surface area contributed by atoms with Gasteiger partial charge in [0.25, 0.3) is 10.0 Å². The summed E-state index contributed by atoms with van der Waals surface area (Å²) in [5.74, 6) is 0. The van der Waals surface area contributed by atoms with Crippen LogP contribution < -0.4 is 4.72 Å². The van der Waals surface area contributed by atoms with Crippen LogP contribution in [0.4, 0.5) is 18.9 Å². The van der Waals surface area contributed by atoms with Crippen LogP contribution in [0.15, 0.2) is 41.6 Å². The van der Waals surface area contributed by atoms with Gasteiger partial charge >= 0.3 is 6.18 Å². The van der Waals surface area contributed by atoms with Gasteiger partial charge < -0.3 is 4.74 Å². The van der Waals surface area contributed by atoms with Gasteiger partial charge in [-0.15, -0.1) is 0 Å². The Labute approximate surface area is 130 Å². The molecule has 0 spiro atoms. The summed E-state index contributed by atoms with van der Waals surface area (Å²) in [6.07, 6.45) is -2.45. The van der Waals surface area contributed by atoms with Crippen molar-refractivity contribution in [2.24, 2.45) is 0 Å². The van der Waals surface area contributed by atoms with E-state index in [1.54, 1.807) is 18.2 Å². The van der Waals surface area contributed by atoms with Crippen molar-refractivity contribution in [1.29, 1.82) is 0 Å². The first-order chi connectivity index (χ1) is 10.7. The third-order valence-corrected chi connectivity index (χ3v) is 4.27. The van der Waals surface area contributed by atoms with Gasteiger partial charge in [-0.05, 0) is 11.6 Å². The summed E-state index contributed by atoms with van der Waals surface area (Å²) in [7, 11) is -2.53. The summed E-state index contributed by atoms with van der Waals surface area (Å²) in [5, 5.41) is 3.48. The Hall–Kier alpha value is -2.07. The lowest BCUT2D eigenvalue weighted by Gasteiger charge is -2.10. The fraction of sp³-hybridized carbons (Fsp3) is 0.308. The summed E-state index contributed by atoms with van der Waals surface area (Å²) in [6, 6.07) is 6.18. The number of hydrogen-bond donors (Lipinski definition) is 1. The minimum atomic E-state index is -4.44. The molecule has 0 fully saturated rings. The van der Waals surface area contributed by atoms with E-state index in [0.29, 0.717) is 10.2 Å². The van der Waals surface area contributed by atoms with Gasteiger partial charge in [0.1, 0.15) is 6.54 Å². The van der Waals surface area contributed by atoms with Crippen molar-refractivity contribution in [3.63, 3.8) is 0 Å². The molecule has 2 rings (SSSR count). The van der Waals surface area contributed by atoms with Crippen LogP contribution in [0.3, 0.4) is 0 Å². The fourth-order valence-corrected chi connectivity index (χ4v) is 3.19. The first-order valence-corrected chi connectivity index (χ1v) is 7.88. The molecule has 6 nitrogen and oxygen atoms in total. The molecule has 0 aliphatic heterocycles. The standard InChI is InChI=1S/C13H14F3N3O3S/c1-22-8-10-4-2-3-5-12(10)23(20,21)18-11-6-17-19(7-11)9-13(14,15)16/h2-7,18H,8-9H2,1H3. The molecule has 0 aliphatic carbocycles. The van der Waals surface area contributed by atoms with Crippen LogP contribution in [-0.2, 0) is 27.9 Å². The van der Waals surface area contributed by atoms with Gasteiger partial charge in [-0.25, -0.2) is 8.42 Å². The van der Waals surface area contributed by atoms with Gasteiger partial charge in [-0.1, -0.05) is 18.2 Å².